The van der Waals surface area contributed by atoms with Gasteiger partial charge in [0.05, 0.1) is 23.0 Å². The number of aryl methyl sites for hydroxylation is 1. The number of fused-ring (bicyclic) bond motifs is 2. The quantitative estimate of drug-likeness (QED) is 0.142. The van der Waals surface area contributed by atoms with Crippen LogP contribution in [0.2, 0.25) is 0 Å². The van der Waals surface area contributed by atoms with Gasteiger partial charge < -0.3 is 9.73 Å². The maximum atomic E-state index is 13.4. The maximum absolute atomic E-state index is 13.4. The van der Waals surface area contributed by atoms with Crippen molar-refractivity contribution in [2.75, 3.05) is 11.1 Å². The number of thiophene rings is 2. The van der Waals surface area contributed by atoms with Crippen molar-refractivity contribution < 1.29 is 9.21 Å². The van der Waals surface area contributed by atoms with E-state index >= 15 is 0 Å². The number of aromatic nitrogens is 2. The molecule has 0 aromatic carbocycles. The molecule has 1 N–H and O–H groups in total. The lowest BCUT2D eigenvalue weighted by molar-refractivity contribution is -0.113. The third kappa shape index (κ3) is 4.59. The molecule has 0 unspecified atom stereocenters. The highest BCUT2D eigenvalue weighted by Gasteiger charge is 2.22. The first-order valence-electron chi connectivity index (χ1n) is 11.2. The van der Waals surface area contributed by atoms with Crippen LogP contribution in [0.1, 0.15) is 35.3 Å². The van der Waals surface area contributed by atoms with Crippen molar-refractivity contribution in [2.45, 2.75) is 43.8 Å². The highest BCUT2D eigenvalue weighted by molar-refractivity contribution is 7.99. The average Bonchev–Trinajstić information content (AvgIpc) is 3.55. The van der Waals surface area contributed by atoms with Gasteiger partial charge in [0.1, 0.15) is 21.7 Å². The lowest BCUT2D eigenvalue weighted by Crippen LogP contribution is -2.23. The molecule has 10 heteroatoms. The van der Waals surface area contributed by atoms with Crippen LogP contribution in [0.4, 0.5) is 5.00 Å². The van der Waals surface area contributed by atoms with Crippen LogP contribution in [0.15, 0.2) is 50.8 Å². The molecule has 1 aliphatic carbocycles. The van der Waals surface area contributed by atoms with Gasteiger partial charge in [-0.3, -0.25) is 14.2 Å². The molecule has 5 rings (SSSR count). The van der Waals surface area contributed by atoms with Crippen LogP contribution in [0.5, 0.6) is 0 Å². The molecule has 4 aromatic heterocycles. The van der Waals surface area contributed by atoms with Gasteiger partial charge in [0, 0.05) is 22.4 Å². The van der Waals surface area contributed by atoms with E-state index < -0.39 is 0 Å². The van der Waals surface area contributed by atoms with E-state index in [1.54, 1.807) is 18.4 Å². The molecule has 35 heavy (non-hydrogen) atoms. The van der Waals surface area contributed by atoms with Crippen LogP contribution >= 0.6 is 34.4 Å². The van der Waals surface area contributed by atoms with Gasteiger partial charge in [-0.1, -0.05) is 24.3 Å². The average molecular weight is 523 g/mol. The van der Waals surface area contributed by atoms with Gasteiger partial charge in [0.2, 0.25) is 5.91 Å². The summed E-state index contributed by atoms with van der Waals surface area (Å²) in [7, 11) is 0. The molecule has 0 spiro atoms. The van der Waals surface area contributed by atoms with E-state index in [4.69, 9.17) is 4.42 Å². The summed E-state index contributed by atoms with van der Waals surface area (Å²) in [5.41, 5.74) is 2.20. The first-order valence-corrected chi connectivity index (χ1v) is 13.9. The Morgan fingerprint density at radius 2 is 2.23 bits per heavy atom. The van der Waals surface area contributed by atoms with Gasteiger partial charge in [-0.15, -0.1) is 29.3 Å². The second-order valence-electron chi connectivity index (χ2n) is 8.12. The Hall–Kier alpha value is -3.13. The van der Waals surface area contributed by atoms with Gasteiger partial charge in [-0.2, -0.15) is 5.26 Å². The number of rotatable bonds is 7. The Morgan fingerprint density at radius 3 is 3.00 bits per heavy atom. The van der Waals surface area contributed by atoms with Gasteiger partial charge in [-0.05, 0) is 43.4 Å². The van der Waals surface area contributed by atoms with Crippen molar-refractivity contribution in [3.05, 3.63) is 62.8 Å². The minimum absolute atomic E-state index is 0.0684. The fourth-order valence-corrected chi connectivity index (χ4v) is 7.29. The number of nitrogens with zero attached hydrogens (tertiary/aromatic N) is 3. The SMILES string of the molecule is C=CCn1c(SCC(=O)Nc2sc3c(c2C#N)CCCCC3)nc2scc(-c3ccco3)c2c1=O. The number of hydrogen-bond donors (Lipinski definition) is 1. The van der Waals surface area contributed by atoms with E-state index in [1.807, 2.05) is 11.4 Å². The molecule has 178 valence electrons. The second-order valence-corrected chi connectivity index (χ2v) is 11.0. The van der Waals surface area contributed by atoms with Gasteiger partial charge in [0.15, 0.2) is 5.16 Å². The molecule has 0 saturated heterocycles. The predicted octanol–water partition coefficient (Wildman–Crippen LogP) is 5.84. The van der Waals surface area contributed by atoms with Crippen molar-refractivity contribution in [3.8, 4) is 17.4 Å². The summed E-state index contributed by atoms with van der Waals surface area (Å²) >= 11 is 4.08. The first-order chi connectivity index (χ1) is 17.1. The summed E-state index contributed by atoms with van der Waals surface area (Å²) in [4.78, 5) is 32.7. The number of nitrogens with one attached hydrogen (secondary N) is 1. The van der Waals surface area contributed by atoms with E-state index in [0.29, 0.717) is 37.3 Å². The van der Waals surface area contributed by atoms with Gasteiger partial charge in [0.25, 0.3) is 5.56 Å². The zero-order valence-corrected chi connectivity index (χ0v) is 21.3. The Morgan fingerprint density at radius 1 is 1.37 bits per heavy atom. The first kappa shape index (κ1) is 23.6. The van der Waals surface area contributed by atoms with Crippen LogP contribution in [-0.2, 0) is 24.2 Å². The van der Waals surface area contributed by atoms with Crippen LogP contribution in [0.25, 0.3) is 21.5 Å². The number of allylic oxidation sites excluding steroid dienone is 1. The molecule has 0 radical (unpaired) electrons. The Bertz CT molecular complexity index is 1510. The molecule has 1 aliphatic rings. The Labute approximate surface area is 214 Å². The van der Waals surface area contributed by atoms with Crippen molar-refractivity contribution in [3.63, 3.8) is 0 Å². The fourth-order valence-electron chi connectivity index (χ4n) is 4.26. The van der Waals surface area contributed by atoms with Crippen LogP contribution in [0.3, 0.4) is 0 Å². The summed E-state index contributed by atoms with van der Waals surface area (Å²) in [6.07, 6.45) is 8.40. The molecule has 4 aromatic rings. The second kappa shape index (κ2) is 10.2. The largest absolute Gasteiger partial charge is 0.464 e. The summed E-state index contributed by atoms with van der Waals surface area (Å²) in [5, 5.41) is 16.1. The molecule has 0 bridgehead atoms. The summed E-state index contributed by atoms with van der Waals surface area (Å²) < 4.78 is 7.02. The molecule has 0 aliphatic heterocycles. The summed E-state index contributed by atoms with van der Waals surface area (Å²) in [6.45, 7) is 4.04. The van der Waals surface area contributed by atoms with E-state index in [9.17, 15) is 14.9 Å². The summed E-state index contributed by atoms with van der Waals surface area (Å²) in [6, 6.07) is 5.88. The van der Waals surface area contributed by atoms with Gasteiger partial charge in [-0.25, -0.2) is 4.98 Å². The van der Waals surface area contributed by atoms with E-state index in [2.05, 4.69) is 22.9 Å². The monoisotopic (exact) mass is 522 g/mol. The number of thioether (sulfide) groups is 1. The van der Waals surface area contributed by atoms with Gasteiger partial charge >= 0.3 is 0 Å². The number of carbonyl (C=O) groups excluding carboxylic acids is 1. The van der Waals surface area contributed by atoms with E-state index in [0.717, 1.165) is 31.2 Å². The number of hydrogen-bond acceptors (Lipinski definition) is 8. The van der Waals surface area contributed by atoms with Crippen LogP contribution < -0.4 is 10.9 Å². The van der Waals surface area contributed by atoms with Crippen LogP contribution in [0, 0.1) is 11.3 Å². The molecule has 0 fully saturated rings. The van der Waals surface area contributed by atoms with Crippen molar-refractivity contribution in [1.82, 2.24) is 9.55 Å². The highest BCUT2D eigenvalue weighted by Crippen LogP contribution is 2.37. The normalized spacial score (nSPS) is 13.2. The minimum atomic E-state index is -0.232. The standard InChI is InChI=1S/C25H22N4O3S3/c1-2-10-29-24(31)21-17(18-8-6-11-32-18)13-33-23(21)28-25(29)34-14-20(30)27-22-16(12-26)15-7-4-3-5-9-19(15)35-22/h2,6,8,11,13H,1,3-5,7,9-10,14H2,(H,27,30). The number of amides is 1. The topological polar surface area (TPSA) is 101 Å². The lowest BCUT2D eigenvalue weighted by atomic mass is 10.1. The molecule has 0 saturated carbocycles. The Kier molecular flexibility index (Phi) is 6.90. The molecule has 7 nitrogen and oxygen atoms in total. The number of carbonyl (C=O) groups is 1. The van der Waals surface area contributed by atoms with E-state index in [1.165, 1.54) is 50.3 Å². The third-order valence-corrected chi connectivity index (χ3v) is 8.93. The van der Waals surface area contributed by atoms with Crippen molar-refractivity contribution in [1.29, 1.82) is 5.26 Å². The molecular weight excluding hydrogens is 501 g/mol. The van der Waals surface area contributed by atoms with E-state index in [-0.39, 0.29) is 23.8 Å². The smallest absolute Gasteiger partial charge is 0.263 e. The zero-order chi connectivity index (χ0) is 24.4. The van der Waals surface area contributed by atoms with Crippen LogP contribution in [-0.4, -0.2) is 21.2 Å². The maximum Gasteiger partial charge on any atom is 0.263 e. The Balaban J connectivity index is 1.39. The fraction of sp³-hybridized carbons (Fsp3) is 0.280. The number of nitriles is 1. The number of anilines is 1. The van der Waals surface area contributed by atoms with Crippen molar-refractivity contribution >= 4 is 55.6 Å². The summed E-state index contributed by atoms with van der Waals surface area (Å²) in [5.74, 6) is 0.450. The predicted molar refractivity (Wildman–Crippen MR) is 141 cm³/mol. The third-order valence-electron chi connectivity index (χ3n) is 5.88. The minimum Gasteiger partial charge on any atom is -0.464 e. The molecular formula is C25H22N4O3S3. The zero-order valence-electron chi connectivity index (χ0n) is 18.8. The van der Waals surface area contributed by atoms with Crippen molar-refractivity contribution in [2.24, 2.45) is 0 Å². The molecule has 1 amide bonds. The molecule has 0 atom stereocenters. The lowest BCUT2D eigenvalue weighted by Gasteiger charge is -2.10. The highest BCUT2D eigenvalue weighted by atomic mass is 32.2. The number of furan rings is 1. The molecule has 4 heterocycles.